The summed E-state index contributed by atoms with van der Waals surface area (Å²) in [5.41, 5.74) is 9.09. The zero-order chi connectivity index (χ0) is 26.6. The Kier molecular flexibility index (Phi) is 11.5. The largest absolute Gasteiger partial charge is 0.497 e. The van der Waals surface area contributed by atoms with Gasteiger partial charge in [0.15, 0.2) is 11.6 Å². The monoisotopic (exact) mass is 495 g/mol. The summed E-state index contributed by atoms with van der Waals surface area (Å²) in [5, 5.41) is 13.1. The molecule has 1 aromatic carbocycles. The summed E-state index contributed by atoms with van der Waals surface area (Å²) in [6.45, 7) is 1.06. The average molecular weight is 496 g/mol. The van der Waals surface area contributed by atoms with E-state index in [1.54, 1.807) is 18.2 Å². The molecular weight excluding hydrogens is 462 g/mol. The van der Waals surface area contributed by atoms with Crippen LogP contribution in [0.1, 0.15) is 38.2 Å². The Labute approximate surface area is 203 Å². The Morgan fingerprint density at radius 1 is 1.06 bits per heavy atom. The molecule has 0 unspecified atom stereocenters. The minimum absolute atomic E-state index is 0.0636. The summed E-state index contributed by atoms with van der Waals surface area (Å²) < 4.78 is 15.0. The van der Waals surface area contributed by atoms with Gasteiger partial charge in [0.25, 0.3) is 0 Å². The Morgan fingerprint density at radius 2 is 1.66 bits per heavy atom. The van der Waals surface area contributed by atoms with E-state index in [-0.39, 0.29) is 38.3 Å². The number of imide groups is 1. The van der Waals surface area contributed by atoms with E-state index in [2.05, 4.69) is 15.0 Å². The van der Waals surface area contributed by atoms with Gasteiger partial charge in [0.2, 0.25) is 11.8 Å². The summed E-state index contributed by atoms with van der Waals surface area (Å²) in [7, 11) is 4.09. The van der Waals surface area contributed by atoms with E-state index in [0.717, 1.165) is 14.0 Å². The number of amides is 2. The van der Waals surface area contributed by atoms with Crippen LogP contribution in [0, 0.1) is 0 Å². The maximum Gasteiger partial charge on any atom is 0.345 e. The molecule has 35 heavy (non-hydrogen) atoms. The smallest absolute Gasteiger partial charge is 0.345 e. The third kappa shape index (κ3) is 8.45. The first-order chi connectivity index (χ1) is 16.5. The van der Waals surface area contributed by atoms with Gasteiger partial charge in [-0.25, -0.2) is 4.79 Å². The molecule has 1 rings (SSSR count). The summed E-state index contributed by atoms with van der Waals surface area (Å²) in [5.74, 6) is -3.08. The van der Waals surface area contributed by atoms with Gasteiger partial charge in [0.05, 0.1) is 27.8 Å². The number of methoxy groups -OCH3 is 3. The Morgan fingerprint density at radius 3 is 2.11 bits per heavy atom. The molecule has 0 aliphatic carbocycles. The number of nitrogens with two attached hydrogens (primary N) is 2. The first-order valence-electron chi connectivity index (χ1n) is 10.7. The predicted molar refractivity (Wildman–Crippen MR) is 125 cm³/mol. The molecule has 0 fully saturated rings. The van der Waals surface area contributed by atoms with Gasteiger partial charge in [-0.2, -0.15) is 0 Å². The number of guanidine groups is 1. The van der Waals surface area contributed by atoms with Crippen LogP contribution in [0.25, 0.3) is 0 Å². The standard InChI is InChI=1S/C22H33N5O8/c1-14(28)27(18(29)6-7-19(30)35-4)22(20(31)32,8-5-9-25-21(23)24)26-13-15-10-16(33-2)12-17(11-15)34-3/h10-12,26H,5-9,13H2,1-4H3,(H,31,32)(H4,23,24,25)/t22-/m0/s1. The van der Waals surface area contributed by atoms with Crippen molar-refractivity contribution in [2.45, 2.75) is 44.8 Å². The van der Waals surface area contributed by atoms with Crippen LogP contribution in [0.3, 0.4) is 0 Å². The number of hydrogen-bond acceptors (Lipinski definition) is 9. The normalized spacial score (nSPS) is 12.1. The van der Waals surface area contributed by atoms with Crippen LogP contribution in [0.15, 0.2) is 23.2 Å². The minimum Gasteiger partial charge on any atom is -0.497 e. The number of aliphatic carboxylic acids is 1. The number of carboxylic acid groups (broad SMARTS) is 1. The molecule has 0 spiro atoms. The van der Waals surface area contributed by atoms with Crippen molar-refractivity contribution in [2.24, 2.45) is 16.5 Å². The van der Waals surface area contributed by atoms with Gasteiger partial charge < -0.3 is 30.8 Å². The number of aliphatic imine (C=N–C) groups is 1. The van der Waals surface area contributed by atoms with Gasteiger partial charge in [-0.15, -0.1) is 0 Å². The van der Waals surface area contributed by atoms with Crippen molar-refractivity contribution in [3.8, 4) is 11.5 Å². The van der Waals surface area contributed by atoms with Crippen molar-refractivity contribution in [1.82, 2.24) is 10.2 Å². The molecule has 0 saturated carbocycles. The Hall–Kier alpha value is -3.87. The second-order valence-corrected chi connectivity index (χ2v) is 7.47. The fourth-order valence-corrected chi connectivity index (χ4v) is 3.40. The molecule has 6 N–H and O–H groups in total. The lowest BCUT2D eigenvalue weighted by atomic mass is 9.99. The minimum atomic E-state index is -2.16. The van der Waals surface area contributed by atoms with Gasteiger partial charge in [-0.1, -0.05) is 0 Å². The maximum absolute atomic E-state index is 13.0. The van der Waals surface area contributed by atoms with E-state index in [0.29, 0.717) is 22.0 Å². The molecule has 1 atom stereocenters. The summed E-state index contributed by atoms with van der Waals surface area (Å²) >= 11 is 0. The van der Waals surface area contributed by atoms with Crippen molar-refractivity contribution < 1.29 is 38.5 Å². The average Bonchev–Trinajstić information content (AvgIpc) is 2.82. The van der Waals surface area contributed by atoms with Gasteiger partial charge in [-0.3, -0.25) is 29.6 Å². The molecule has 0 aliphatic heterocycles. The molecule has 0 aromatic heterocycles. The molecule has 1 aromatic rings. The highest BCUT2D eigenvalue weighted by atomic mass is 16.5. The fraction of sp³-hybridized carbons (Fsp3) is 0.500. The van der Waals surface area contributed by atoms with E-state index >= 15 is 0 Å². The van der Waals surface area contributed by atoms with Crippen molar-refractivity contribution in [1.29, 1.82) is 0 Å². The molecule has 0 bridgehead atoms. The fourth-order valence-electron chi connectivity index (χ4n) is 3.40. The van der Waals surface area contributed by atoms with Crippen LogP contribution in [-0.4, -0.2) is 73.3 Å². The topological polar surface area (TPSA) is 196 Å². The first-order valence-corrected chi connectivity index (χ1v) is 10.7. The lowest BCUT2D eigenvalue weighted by molar-refractivity contribution is -0.170. The van der Waals surface area contributed by atoms with Crippen molar-refractivity contribution in [2.75, 3.05) is 27.9 Å². The van der Waals surface area contributed by atoms with Crippen LogP contribution in [0.2, 0.25) is 0 Å². The zero-order valence-corrected chi connectivity index (χ0v) is 20.3. The Bertz CT molecular complexity index is 926. The lowest BCUT2D eigenvalue weighted by Gasteiger charge is -2.39. The van der Waals surface area contributed by atoms with Crippen LogP contribution in [0.4, 0.5) is 0 Å². The number of carbonyl (C=O) groups is 4. The van der Waals surface area contributed by atoms with E-state index in [1.165, 1.54) is 14.2 Å². The number of ether oxygens (including phenoxy) is 3. The number of benzene rings is 1. The highest BCUT2D eigenvalue weighted by Gasteiger charge is 2.48. The molecule has 0 saturated heterocycles. The van der Waals surface area contributed by atoms with E-state index < -0.39 is 35.8 Å². The summed E-state index contributed by atoms with van der Waals surface area (Å²) in [6, 6.07) is 4.94. The number of hydrogen-bond donors (Lipinski definition) is 4. The molecule has 13 nitrogen and oxygen atoms in total. The van der Waals surface area contributed by atoms with Crippen molar-refractivity contribution in [3.05, 3.63) is 23.8 Å². The molecule has 0 heterocycles. The number of nitrogens with one attached hydrogen (secondary N) is 1. The van der Waals surface area contributed by atoms with Gasteiger partial charge in [-0.05, 0) is 30.5 Å². The number of esters is 1. The number of carboxylic acids is 1. The molecule has 194 valence electrons. The highest BCUT2D eigenvalue weighted by Crippen LogP contribution is 2.26. The van der Waals surface area contributed by atoms with Crippen LogP contribution in [-0.2, 0) is 30.5 Å². The van der Waals surface area contributed by atoms with Gasteiger partial charge >= 0.3 is 11.9 Å². The van der Waals surface area contributed by atoms with E-state index in [4.69, 9.17) is 20.9 Å². The van der Waals surface area contributed by atoms with Crippen LogP contribution in [0.5, 0.6) is 11.5 Å². The Balaban J connectivity index is 3.41. The second-order valence-electron chi connectivity index (χ2n) is 7.47. The zero-order valence-electron chi connectivity index (χ0n) is 20.3. The van der Waals surface area contributed by atoms with E-state index in [1.807, 2.05) is 0 Å². The molecule has 2 amide bonds. The third-order valence-corrected chi connectivity index (χ3v) is 5.06. The highest BCUT2D eigenvalue weighted by molar-refractivity contribution is 6.00. The molecular formula is C22H33N5O8. The second kappa shape index (κ2) is 13.7. The van der Waals surface area contributed by atoms with E-state index in [9.17, 15) is 24.3 Å². The van der Waals surface area contributed by atoms with Crippen LogP contribution >= 0.6 is 0 Å². The SMILES string of the molecule is COC(=O)CCC(=O)N(C(C)=O)[C@](CCCN=C(N)N)(NCc1cc(OC)cc(OC)c1)C(=O)O. The molecule has 0 aliphatic rings. The molecule has 0 radical (unpaired) electrons. The number of nitrogens with zero attached hydrogens (tertiary/aromatic N) is 2. The van der Waals surface area contributed by atoms with Crippen molar-refractivity contribution >= 4 is 29.7 Å². The first kappa shape index (κ1) is 29.2. The van der Waals surface area contributed by atoms with Gasteiger partial charge in [0, 0.05) is 32.5 Å². The number of carbonyl (C=O) groups excluding carboxylic acids is 3. The number of rotatable bonds is 14. The maximum atomic E-state index is 13.0. The lowest BCUT2D eigenvalue weighted by Crippen LogP contribution is -2.67. The quantitative estimate of drug-likeness (QED) is 0.0888. The summed E-state index contributed by atoms with van der Waals surface area (Å²) in [4.78, 5) is 54.2. The molecule has 13 heteroatoms. The van der Waals surface area contributed by atoms with Gasteiger partial charge in [0.1, 0.15) is 11.5 Å². The third-order valence-electron chi connectivity index (χ3n) is 5.06. The van der Waals surface area contributed by atoms with Crippen molar-refractivity contribution in [3.63, 3.8) is 0 Å². The van der Waals surface area contributed by atoms with Crippen LogP contribution < -0.4 is 26.3 Å². The predicted octanol–water partition coefficient (Wildman–Crippen LogP) is -0.0438. The summed E-state index contributed by atoms with van der Waals surface area (Å²) in [6.07, 6.45) is -0.851.